The zero-order valence-electron chi connectivity index (χ0n) is 11.8. The highest BCUT2D eigenvalue weighted by atomic mass is 79.9. The van der Waals surface area contributed by atoms with E-state index in [0.29, 0.717) is 4.83 Å². The summed E-state index contributed by atoms with van der Waals surface area (Å²) in [5.74, 6) is 0. The maximum atomic E-state index is 5.13. The first-order valence-electron chi connectivity index (χ1n) is 6.47. The van der Waals surface area contributed by atoms with Crippen LogP contribution in [0.25, 0.3) is 0 Å². The smallest absolute Gasteiger partial charge is 0.0625 e. The molecule has 4 nitrogen and oxygen atoms in total. The molecule has 0 saturated carbocycles. The van der Waals surface area contributed by atoms with Crippen LogP contribution in [-0.4, -0.2) is 46.8 Å². The number of halogens is 1. The Bertz CT molecular complexity index is 354. The highest BCUT2D eigenvalue weighted by Crippen LogP contribution is 2.10. The van der Waals surface area contributed by atoms with E-state index < -0.39 is 0 Å². The molecular formula is C13H24BrN3O. The average molecular weight is 318 g/mol. The van der Waals surface area contributed by atoms with E-state index in [2.05, 4.69) is 57.6 Å². The van der Waals surface area contributed by atoms with Crippen LogP contribution in [0.2, 0.25) is 0 Å². The fraction of sp³-hybridized carbons (Fsp3) is 0.769. The summed E-state index contributed by atoms with van der Waals surface area (Å²) in [6.07, 6.45) is 0.995. The van der Waals surface area contributed by atoms with E-state index in [0.717, 1.165) is 32.7 Å². The molecule has 1 aromatic rings. The van der Waals surface area contributed by atoms with Crippen molar-refractivity contribution in [2.24, 2.45) is 0 Å². The third-order valence-corrected chi connectivity index (χ3v) is 3.42. The molecule has 0 saturated heterocycles. The van der Waals surface area contributed by atoms with Crippen molar-refractivity contribution in [1.82, 2.24) is 14.7 Å². The van der Waals surface area contributed by atoms with Gasteiger partial charge < -0.3 is 4.74 Å². The van der Waals surface area contributed by atoms with E-state index in [1.807, 2.05) is 0 Å². The number of hydrogen-bond acceptors (Lipinski definition) is 3. The van der Waals surface area contributed by atoms with Crippen molar-refractivity contribution in [3.8, 4) is 0 Å². The zero-order valence-corrected chi connectivity index (χ0v) is 13.4. The van der Waals surface area contributed by atoms with Gasteiger partial charge in [-0.2, -0.15) is 5.10 Å². The van der Waals surface area contributed by atoms with E-state index in [1.165, 1.54) is 11.4 Å². The molecule has 1 aromatic heterocycles. The SMILES string of the molecule is CCc1cc(CN(C)CC(Br)COC)n(CC)n1. The third kappa shape index (κ3) is 4.71. The van der Waals surface area contributed by atoms with E-state index >= 15 is 0 Å². The predicted molar refractivity (Wildman–Crippen MR) is 78.2 cm³/mol. The predicted octanol–water partition coefficient (Wildman–Crippen LogP) is 2.31. The minimum atomic E-state index is 0.371. The second-order valence-electron chi connectivity index (χ2n) is 4.55. The molecule has 0 aromatic carbocycles. The maximum absolute atomic E-state index is 5.13. The molecular weight excluding hydrogens is 294 g/mol. The molecule has 18 heavy (non-hydrogen) atoms. The minimum absolute atomic E-state index is 0.371. The normalized spacial score (nSPS) is 13.2. The summed E-state index contributed by atoms with van der Waals surface area (Å²) >= 11 is 3.62. The van der Waals surface area contributed by atoms with Gasteiger partial charge in [0.2, 0.25) is 0 Å². The van der Waals surface area contributed by atoms with Gasteiger partial charge in [-0.3, -0.25) is 9.58 Å². The van der Waals surface area contributed by atoms with Crippen LogP contribution in [-0.2, 0) is 24.2 Å². The number of methoxy groups -OCH3 is 1. The van der Waals surface area contributed by atoms with Crippen molar-refractivity contribution in [3.63, 3.8) is 0 Å². The lowest BCUT2D eigenvalue weighted by molar-refractivity contribution is 0.184. The van der Waals surface area contributed by atoms with Crippen LogP contribution in [0.5, 0.6) is 0 Å². The van der Waals surface area contributed by atoms with Gasteiger partial charge in [0.1, 0.15) is 0 Å². The van der Waals surface area contributed by atoms with Gasteiger partial charge in [-0.25, -0.2) is 0 Å². The summed E-state index contributed by atoms with van der Waals surface area (Å²) in [6, 6.07) is 2.21. The molecule has 1 unspecified atom stereocenters. The van der Waals surface area contributed by atoms with E-state index in [1.54, 1.807) is 7.11 Å². The lowest BCUT2D eigenvalue weighted by Gasteiger charge is -2.20. The van der Waals surface area contributed by atoms with Crippen LogP contribution in [0.4, 0.5) is 0 Å². The molecule has 0 N–H and O–H groups in total. The second kappa shape index (κ2) is 7.92. The van der Waals surface area contributed by atoms with Crippen LogP contribution in [0.15, 0.2) is 6.07 Å². The van der Waals surface area contributed by atoms with Gasteiger partial charge in [-0.05, 0) is 26.5 Å². The number of rotatable bonds is 8. The molecule has 0 aliphatic heterocycles. The van der Waals surface area contributed by atoms with Crippen LogP contribution >= 0.6 is 15.9 Å². The Hall–Kier alpha value is -0.390. The number of alkyl halides is 1. The Kier molecular flexibility index (Phi) is 6.89. The molecule has 0 aliphatic rings. The quantitative estimate of drug-likeness (QED) is 0.689. The van der Waals surface area contributed by atoms with Gasteiger partial charge in [0.25, 0.3) is 0 Å². The lowest BCUT2D eigenvalue weighted by atomic mass is 10.3. The summed E-state index contributed by atoms with van der Waals surface area (Å²) < 4.78 is 7.22. The van der Waals surface area contributed by atoms with Crippen molar-refractivity contribution >= 4 is 15.9 Å². The second-order valence-corrected chi connectivity index (χ2v) is 5.84. The first kappa shape index (κ1) is 15.7. The molecule has 0 aliphatic carbocycles. The van der Waals surface area contributed by atoms with Gasteiger partial charge in [-0.15, -0.1) is 0 Å². The molecule has 0 bridgehead atoms. The number of hydrogen-bond donors (Lipinski definition) is 0. The van der Waals surface area contributed by atoms with E-state index in [-0.39, 0.29) is 0 Å². The monoisotopic (exact) mass is 317 g/mol. The Balaban J connectivity index is 2.57. The Morgan fingerprint density at radius 1 is 1.50 bits per heavy atom. The third-order valence-electron chi connectivity index (χ3n) is 2.86. The van der Waals surface area contributed by atoms with Crippen molar-refractivity contribution in [2.75, 3.05) is 27.3 Å². The molecule has 1 heterocycles. The number of aromatic nitrogens is 2. The summed E-state index contributed by atoms with van der Waals surface area (Å²) in [4.78, 5) is 2.66. The Morgan fingerprint density at radius 3 is 2.78 bits per heavy atom. The first-order valence-corrected chi connectivity index (χ1v) is 7.39. The highest BCUT2D eigenvalue weighted by Gasteiger charge is 2.11. The Labute approximate surface area is 118 Å². The van der Waals surface area contributed by atoms with E-state index in [4.69, 9.17) is 4.74 Å². The van der Waals surface area contributed by atoms with Crippen molar-refractivity contribution in [1.29, 1.82) is 0 Å². The first-order chi connectivity index (χ1) is 8.60. The molecule has 0 fully saturated rings. The summed E-state index contributed by atoms with van der Waals surface area (Å²) in [5.41, 5.74) is 2.46. The molecule has 104 valence electrons. The fourth-order valence-electron chi connectivity index (χ4n) is 2.00. The van der Waals surface area contributed by atoms with Crippen LogP contribution in [0, 0.1) is 0 Å². The van der Waals surface area contributed by atoms with Crippen molar-refractivity contribution < 1.29 is 4.74 Å². The van der Waals surface area contributed by atoms with Crippen LogP contribution < -0.4 is 0 Å². The summed E-state index contributed by atoms with van der Waals surface area (Å²) in [7, 11) is 3.86. The zero-order chi connectivity index (χ0) is 13.5. The highest BCUT2D eigenvalue weighted by molar-refractivity contribution is 9.09. The molecule has 0 spiro atoms. The minimum Gasteiger partial charge on any atom is -0.383 e. The summed E-state index contributed by atoms with van der Waals surface area (Å²) in [6.45, 7) is 7.82. The molecule has 1 atom stereocenters. The number of nitrogens with zero attached hydrogens (tertiary/aromatic N) is 3. The van der Waals surface area contributed by atoms with Crippen LogP contribution in [0.1, 0.15) is 25.2 Å². The summed E-state index contributed by atoms with van der Waals surface area (Å²) in [5, 5.41) is 4.57. The molecule has 0 amide bonds. The topological polar surface area (TPSA) is 30.3 Å². The van der Waals surface area contributed by atoms with Gasteiger partial charge in [0.15, 0.2) is 0 Å². The number of ether oxygens (including phenoxy) is 1. The van der Waals surface area contributed by atoms with Gasteiger partial charge >= 0.3 is 0 Å². The Morgan fingerprint density at radius 2 is 2.22 bits per heavy atom. The van der Waals surface area contributed by atoms with Crippen molar-refractivity contribution in [2.45, 2.75) is 38.2 Å². The van der Waals surface area contributed by atoms with Crippen molar-refractivity contribution in [3.05, 3.63) is 17.5 Å². The molecule has 5 heteroatoms. The van der Waals surface area contributed by atoms with Crippen LogP contribution in [0.3, 0.4) is 0 Å². The average Bonchev–Trinajstić information content (AvgIpc) is 2.71. The lowest BCUT2D eigenvalue weighted by Crippen LogP contribution is -2.28. The fourth-order valence-corrected chi connectivity index (χ4v) is 2.76. The van der Waals surface area contributed by atoms with E-state index in [9.17, 15) is 0 Å². The molecule has 1 rings (SSSR count). The largest absolute Gasteiger partial charge is 0.383 e. The van der Waals surface area contributed by atoms with Gasteiger partial charge in [0.05, 0.1) is 22.8 Å². The van der Waals surface area contributed by atoms with Gasteiger partial charge in [0, 0.05) is 26.7 Å². The maximum Gasteiger partial charge on any atom is 0.0625 e. The number of aryl methyl sites for hydroxylation is 2. The molecule has 0 radical (unpaired) electrons. The standard InChI is InChI=1S/C13H24BrN3O/c1-5-12-7-13(17(6-2)15-12)9-16(3)8-11(14)10-18-4/h7,11H,5-6,8-10H2,1-4H3. The van der Waals surface area contributed by atoms with Gasteiger partial charge in [-0.1, -0.05) is 22.9 Å².